The van der Waals surface area contributed by atoms with Crippen molar-refractivity contribution in [3.63, 3.8) is 0 Å². The number of benzene rings is 7. The molecular weight excluding hydrogens is 613 g/mol. The third-order valence-electron chi connectivity index (χ3n) is 9.47. The number of nitrogens with zero attached hydrogens (tertiary/aromatic N) is 4. The normalized spacial score (nSPS) is 11.6. The molecule has 0 aliphatic carbocycles. The van der Waals surface area contributed by atoms with Gasteiger partial charge < -0.3 is 4.42 Å². The van der Waals surface area contributed by atoms with Crippen LogP contribution in [0.15, 0.2) is 174 Å². The maximum atomic E-state index is 6.44. The van der Waals surface area contributed by atoms with Crippen LogP contribution in [0.5, 0.6) is 0 Å². The maximum absolute atomic E-state index is 6.44. The van der Waals surface area contributed by atoms with Crippen LogP contribution in [0.3, 0.4) is 0 Å². The summed E-state index contributed by atoms with van der Waals surface area (Å²) in [6, 6.07) is 58.6. The number of para-hydroxylation sites is 4. The predicted molar refractivity (Wildman–Crippen MR) is 203 cm³/mol. The highest BCUT2D eigenvalue weighted by Crippen LogP contribution is 2.41. The molecule has 0 atom stereocenters. The fourth-order valence-electron chi connectivity index (χ4n) is 7.19. The summed E-state index contributed by atoms with van der Waals surface area (Å²) in [4.78, 5) is 15.3. The van der Waals surface area contributed by atoms with Crippen LogP contribution >= 0.6 is 0 Å². The molecule has 5 nitrogen and oxygen atoms in total. The maximum Gasteiger partial charge on any atom is 0.238 e. The van der Waals surface area contributed by atoms with Crippen molar-refractivity contribution in [3.05, 3.63) is 170 Å². The van der Waals surface area contributed by atoms with Gasteiger partial charge in [-0.2, -0.15) is 9.97 Å². The summed E-state index contributed by atoms with van der Waals surface area (Å²) in [6.45, 7) is 0. The van der Waals surface area contributed by atoms with Crippen LogP contribution in [-0.4, -0.2) is 19.5 Å². The molecule has 0 bridgehead atoms. The van der Waals surface area contributed by atoms with Crippen LogP contribution in [-0.2, 0) is 0 Å². The second-order valence-corrected chi connectivity index (χ2v) is 12.4. The molecule has 0 saturated heterocycles. The molecule has 7 aromatic carbocycles. The van der Waals surface area contributed by atoms with Gasteiger partial charge in [-0.15, -0.1) is 0 Å². The average Bonchev–Trinajstić information content (AvgIpc) is 3.75. The van der Waals surface area contributed by atoms with Crippen LogP contribution in [0.25, 0.3) is 94.7 Å². The smallest absolute Gasteiger partial charge is 0.238 e. The standard InChI is InChI=1S/C45H28N4O/c1-3-14-29(15-4-1)43-46-44(30-16-5-2-6-17-30)48-45(47-43)49-39-26-9-7-20-35(39)37-24-12-22-33(41(37)49)31-18-11-19-32(28-31)34-23-13-25-38-36-21-8-10-27-40(36)50-42(34)38/h1-28H. The first-order valence-electron chi connectivity index (χ1n) is 16.7. The van der Waals surface area contributed by atoms with Crippen molar-refractivity contribution >= 4 is 43.7 Å². The lowest BCUT2D eigenvalue weighted by Gasteiger charge is -2.13. The summed E-state index contributed by atoms with van der Waals surface area (Å²) in [5.41, 5.74) is 10.0. The van der Waals surface area contributed by atoms with Gasteiger partial charge in [0.2, 0.25) is 5.95 Å². The summed E-state index contributed by atoms with van der Waals surface area (Å²) >= 11 is 0. The highest BCUT2D eigenvalue weighted by atomic mass is 16.3. The lowest BCUT2D eigenvalue weighted by Crippen LogP contribution is -2.06. The minimum Gasteiger partial charge on any atom is -0.455 e. The van der Waals surface area contributed by atoms with E-state index in [1.54, 1.807) is 0 Å². The topological polar surface area (TPSA) is 56.7 Å². The Morgan fingerprint density at radius 1 is 0.400 bits per heavy atom. The highest BCUT2D eigenvalue weighted by molar-refractivity contribution is 6.14. The van der Waals surface area contributed by atoms with Gasteiger partial charge in [0.25, 0.3) is 0 Å². The molecule has 0 spiro atoms. The summed E-state index contributed by atoms with van der Waals surface area (Å²) in [5, 5.41) is 4.50. The van der Waals surface area contributed by atoms with Crippen LogP contribution in [0.4, 0.5) is 0 Å². The van der Waals surface area contributed by atoms with E-state index in [9.17, 15) is 0 Å². The number of aromatic nitrogens is 4. The average molecular weight is 641 g/mol. The van der Waals surface area contributed by atoms with Gasteiger partial charge >= 0.3 is 0 Å². The quantitative estimate of drug-likeness (QED) is 0.188. The molecule has 50 heavy (non-hydrogen) atoms. The Hall–Kier alpha value is -6.85. The van der Waals surface area contributed by atoms with Gasteiger partial charge in [0.05, 0.1) is 11.0 Å². The van der Waals surface area contributed by atoms with E-state index in [2.05, 4.69) is 102 Å². The Bertz CT molecular complexity index is 2810. The largest absolute Gasteiger partial charge is 0.455 e. The molecule has 5 heteroatoms. The Balaban J connectivity index is 1.23. The van der Waals surface area contributed by atoms with E-state index in [4.69, 9.17) is 19.4 Å². The number of rotatable bonds is 5. The van der Waals surface area contributed by atoms with Gasteiger partial charge in [0, 0.05) is 43.8 Å². The molecule has 0 saturated carbocycles. The van der Waals surface area contributed by atoms with E-state index >= 15 is 0 Å². The van der Waals surface area contributed by atoms with Crippen molar-refractivity contribution in [2.45, 2.75) is 0 Å². The summed E-state index contributed by atoms with van der Waals surface area (Å²) in [5.74, 6) is 1.82. The molecule has 0 unspecified atom stereocenters. The third kappa shape index (κ3) is 4.52. The number of furan rings is 1. The van der Waals surface area contributed by atoms with Crippen molar-refractivity contribution in [2.24, 2.45) is 0 Å². The monoisotopic (exact) mass is 640 g/mol. The van der Waals surface area contributed by atoms with Crippen LogP contribution in [0, 0.1) is 0 Å². The molecule has 0 N–H and O–H groups in total. The van der Waals surface area contributed by atoms with Crippen molar-refractivity contribution in [1.82, 2.24) is 19.5 Å². The predicted octanol–water partition coefficient (Wildman–Crippen LogP) is 11.5. The zero-order valence-corrected chi connectivity index (χ0v) is 26.9. The van der Waals surface area contributed by atoms with Gasteiger partial charge in [-0.1, -0.05) is 152 Å². The van der Waals surface area contributed by atoms with Crippen molar-refractivity contribution in [1.29, 1.82) is 0 Å². The van der Waals surface area contributed by atoms with E-state index in [1.165, 1.54) is 0 Å². The Kier molecular flexibility index (Phi) is 6.42. The molecule has 234 valence electrons. The highest BCUT2D eigenvalue weighted by Gasteiger charge is 2.21. The lowest BCUT2D eigenvalue weighted by atomic mass is 9.96. The molecule has 0 aliphatic rings. The lowest BCUT2D eigenvalue weighted by molar-refractivity contribution is 0.670. The van der Waals surface area contributed by atoms with Gasteiger partial charge in [0.15, 0.2) is 11.6 Å². The molecule has 0 aliphatic heterocycles. The van der Waals surface area contributed by atoms with E-state index < -0.39 is 0 Å². The molecule has 0 fully saturated rings. The first kappa shape index (κ1) is 28.2. The summed E-state index contributed by atoms with van der Waals surface area (Å²) in [6.07, 6.45) is 0. The van der Waals surface area contributed by atoms with Gasteiger partial charge in [-0.3, -0.25) is 4.57 Å². The van der Waals surface area contributed by atoms with Crippen molar-refractivity contribution < 1.29 is 4.42 Å². The van der Waals surface area contributed by atoms with Crippen LogP contribution < -0.4 is 0 Å². The van der Waals surface area contributed by atoms with E-state index in [0.717, 1.165) is 77.1 Å². The molecule has 3 heterocycles. The SMILES string of the molecule is c1ccc(-c2nc(-c3ccccc3)nc(-n3c4ccccc4c4cccc(-c5cccc(-c6cccc7c6oc6ccccc67)c5)c43)n2)cc1. The number of hydrogen-bond donors (Lipinski definition) is 0. The molecule has 0 radical (unpaired) electrons. The first-order chi connectivity index (χ1) is 24.8. The molecule has 10 rings (SSSR count). The zero-order chi connectivity index (χ0) is 33.0. The van der Waals surface area contributed by atoms with Crippen molar-refractivity contribution in [2.75, 3.05) is 0 Å². The van der Waals surface area contributed by atoms with Gasteiger partial charge in [0.1, 0.15) is 11.2 Å². The Morgan fingerprint density at radius 3 is 1.68 bits per heavy atom. The first-order valence-corrected chi connectivity index (χ1v) is 16.7. The van der Waals surface area contributed by atoms with E-state index in [0.29, 0.717) is 17.6 Å². The van der Waals surface area contributed by atoms with Gasteiger partial charge in [-0.25, -0.2) is 4.98 Å². The molecule has 10 aromatic rings. The fraction of sp³-hybridized carbons (Fsp3) is 0. The molecule has 3 aromatic heterocycles. The third-order valence-corrected chi connectivity index (χ3v) is 9.47. The van der Waals surface area contributed by atoms with Crippen molar-refractivity contribution in [3.8, 4) is 51.0 Å². The van der Waals surface area contributed by atoms with E-state index in [1.807, 2.05) is 72.8 Å². The zero-order valence-electron chi connectivity index (χ0n) is 26.9. The van der Waals surface area contributed by atoms with Crippen LogP contribution in [0.2, 0.25) is 0 Å². The van der Waals surface area contributed by atoms with E-state index in [-0.39, 0.29) is 0 Å². The minimum atomic E-state index is 0.569. The Morgan fingerprint density at radius 2 is 0.940 bits per heavy atom. The summed E-state index contributed by atoms with van der Waals surface area (Å²) in [7, 11) is 0. The molecular formula is C45H28N4O. The minimum absolute atomic E-state index is 0.569. The molecule has 0 amide bonds. The second-order valence-electron chi connectivity index (χ2n) is 12.4. The summed E-state index contributed by atoms with van der Waals surface area (Å²) < 4.78 is 8.64. The van der Waals surface area contributed by atoms with Gasteiger partial charge in [-0.05, 0) is 29.3 Å². The Labute approximate surface area is 287 Å². The van der Waals surface area contributed by atoms with Crippen LogP contribution in [0.1, 0.15) is 0 Å². The second kappa shape index (κ2) is 11.4. The fourth-order valence-corrected chi connectivity index (χ4v) is 7.19. The number of hydrogen-bond acceptors (Lipinski definition) is 4. The number of fused-ring (bicyclic) bond motifs is 6.